The molecule has 0 atom stereocenters. The normalized spacial score (nSPS) is 24.5. The molecule has 0 saturated carbocycles. The molecule has 1 rings (SSSR count). The number of carbonyl (C=O) groups is 1. The Labute approximate surface area is 47.6 Å². The molecule has 0 bridgehead atoms. The van der Waals surface area contributed by atoms with E-state index in [4.69, 9.17) is 0 Å². The molecular formula is C5H8O3. The van der Waals surface area contributed by atoms with Crippen molar-refractivity contribution in [3.05, 3.63) is 0 Å². The standard InChI is InChI=1S/C5H8O3/c1-5(2)3-7-4(6)8-5/h3H2,1-2H3. The number of rotatable bonds is 0. The van der Waals surface area contributed by atoms with Gasteiger partial charge in [0.2, 0.25) is 0 Å². The average Bonchev–Trinajstić information content (AvgIpc) is 1.82. The second-order valence-electron chi connectivity index (χ2n) is 2.40. The molecule has 3 heteroatoms. The maximum Gasteiger partial charge on any atom is 0.509 e. The highest BCUT2D eigenvalue weighted by molar-refractivity contribution is 5.62. The van der Waals surface area contributed by atoms with Crippen molar-refractivity contribution in [3.63, 3.8) is 0 Å². The van der Waals surface area contributed by atoms with Gasteiger partial charge in [-0.15, -0.1) is 0 Å². The van der Waals surface area contributed by atoms with E-state index in [9.17, 15) is 4.79 Å². The van der Waals surface area contributed by atoms with E-state index in [1.54, 1.807) is 13.8 Å². The molecule has 46 valence electrons. The fourth-order valence-corrected chi connectivity index (χ4v) is 0.517. The number of hydrogen-bond donors (Lipinski definition) is 0. The van der Waals surface area contributed by atoms with Crippen molar-refractivity contribution in [1.29, 1.82) is 0 Å². The molecule has 0 aromatic carbocycles. The summed E-state index contributed by atoms with van der Waals surface area (Å²) >= 11 is 0. The number of hydrogen-bond acceptors (Lipinski definition) is 3. The molecule has 1 fully saturated rings. The lowest BCUT2D eigenvalue weighted by atomic mass is 10.2. The Hall–Kier alpha value is -0.730. The van der Waals surface area contributed by atoms with E-state index in [1.807, 2.05) is 0 Å². The van der Waals surface area contributed by atoms with Crippen LogP contribution in [0.25, 0.3) is 0 Å². The van der Waals surface area contributed by atoms with Crippen LogP contribution in [-0.4, -0.2) is 18.4 Å². The lowest BCUT2D eigenvalue weighted by molar-refractivity contribution is 0.0839. The highest BCUT2D eigenvalue weighted by Gasteiger charge is 2.32. The minimum absolute atomic E-state index is 0.367. The molecule has 0 spiro atoms. The summed E-state index contributed by atoms with van der Waals surface area (Å²) in [5.41, 5.74) is -0.406. The molecule has 3 nitrogen and oxygen atoms in total. The van der Waals surface area contributed by atoms with E-state index in [1.165, 1.54) is 0 Å². The molecule has 1 saturated heterocycles. The van der Waals surface area contributed by atoms with Crippen LogP contribution in [0.5, 0.6) is 0 Å². The van der Waals surface area contributed by atoms with Crippen molar-refractivity contribution in [2.24, 2.45) is 0 Å². The van der Waals surface area contributed by atoms with Gasteiger partial charge in [0, 0.05) is 0 Å². The smallest absolute Gasteiger partial charge is 0.430 e. The molecular weight excluding hydrogens is 108 g/mol. The lowest BCUT2D eigenvalue weighted by Crippen LogP contribution is -2.21. The van der Waals surface area contributed by atoms with Gasteiger partial charge in [-0.05, 0) is 13.8 Å². The summed E-state index contributed by atoms with van der Waals surface area (Å²) in [6.07, 6.45) is -0.560. The van der Waals surface area contributed by atoms with Gasteiger partial charge in [0.15, 0.2) is 0 Å². The Balaban J connectivity index is 2.56. The summed E-state index contributed by atoms with van der Waals surface area (Å²) < 4.78 is 9.19. The van der Waals surface area contributed by atoms with Crippen molar-refractivity contribution in [1.82, 2.24) is 0 Å². The zero-order chi connectivity index (χ0) is 6.20. The zero-order valence-corrected chi connectivity index (χ0v) is 4.93. The summed E-state index contributed by atoms with van der Waals surface area (Å²) in [6.45, 7) is 3.97. The van der Waals surface area contributed by atoms with Crippen LogP contribution < -0.4 is 0 Å². The number of carbonyl (C=O) groups excluding carboxylic acids is 1. The fourth-order valence-electron chi connectivity index (χ4n) is 0.517. The Morgan fingerprint density at radius 2 is 2.25 bits per heavy atom. The lowest BCUT2D eigenvalue weighted by Gasteiger charge is -2.09. The molecule has 0 N–H and O–H groups in total. The van der Waals surface area contributed by atoms with Gasteiger partial charge in [0.05, 0.1) is 0 Å². The summed E-state index contributed by atoms with van der Waals surface area (Å²) in [5.74, 6) is 0. The van der Waals surface area contributed by atoms with E-state index in [0.717, 1.165) is 0 Å². The van der Waals surface area contributed by atoms with Crippen molar-refractivity contribution in [2.75, 3.05) is 6.61 Å². The van der Waals surface area contributed by atoms with Crippen LogP contribution in [0.15, 0.2) is 0 Å². The van der Waals surface area contributed by atoms with Gasteiger partial charge in [0.25, 0.3) is 0 Å². The monoisotopic (exact) mass is 116 g/mol. The number of ether oxygens (including phenoxy) is 2. The maximum atomic E-state index is 10.2. The van der Waals surface area contributed by atoms with Crippen LogP contribution in [-0.2, 0) is 9.47 Å². The molecule has 0 aromatic rings. The van der Waals surface area contributed by atoms with Gasteiger partial charge in [-0.3, -0.25) is 0 Å². The van der Waals surface area contributed by atoms with E-state index in [-0.39, 0.29) is 0 Å². The van der Waals surface area contributed by atoms with E-state index in [2.05, 4.69) is 9.47 Å². The van der Waals surface area contributed by atoms with Crippen LogP contribution in [0.4, 0.5) is 4.79 Å². The Bertz CT molecular complexity index is 117. The Morgan fingerprint density at radius 3 is 2.38 bits per heavy atom. The second-order valence-corrected chi connectivity index (χ2v) is 2.40. The fraction of sp³-hybridized carbons (Fsp3) is 0.800. The third kappa shape index (κ3) is 0.911. The predicted molar refractivity (Wildman–Crippen MR) is 26.5 cm³/mol. The highest BCUT2D eigenvalue weighted by atomic mass is 16.8. The summed E-state index contributed by atoms with van der Waals surface area (Å²) in [7, 11) is 0. The molecule has 0 amide bonds. The second kappa shape index (κ2) is 1.37. The molecule has 0 aromatic heterocycles. The molecule has 8 heavy (non-hydrogen) atoms. The summed E-state index contributed by atoms with van der Waals surface area (Å²) in [5, 5.41) is 0. The first-order valence-electron chi connectivity index (χ1n) is 2.46. The van der Waals surface area contributed by atoms with Crippen molar-refractivity contribution >= 4 is 6.16 Å². The van der Waals surface area contributed by atoms with Gasteiger partial charge in [-0.25, -0.2) is 4.79 Å². The van der Waals surface area contributed by atoms with Crippen LogP contribution in [0.1, 0.15) is 13.8 Å². The quantitative estimate of drug-likeness (QED) is 0.442. The minimum Gasteiger partial charge on any atom is -0.430 e. The first-order valence-corrected chi connectivity index (χ1v) is 2.46. The predicted octanol–water partition coefficient (Wildman–Crippen LogP) is 0.932. The number of cyclic esters (lactones) is 2. The van der Waals surface area contributed by atoms with Gasteiger partial charge in [-0.2, -0.15) is 0 Å². The highest BCUT2D eigenvalue weighted by Crippen LogP contribution is 2.17. The zero-order valence-electron chi connectivity index (χ0n) is 4.93. The van der Waals surface area contributed by atoms with Crippen molar-refractivity contribution in [2.45, 2.75) is 19.4 Å². The minimum atomic E-state index is -0.560. The molecule has 1 heterocycles. The maximum absolute atomic E-state index is 10.2. The SMILES string of the molecule is CC1(C)COC(=O)O1. The van der Waals surface area contributed by atoms with Crippen LogP contribution in [0.3, 0.4) is 0 Å². The molecule has 0 unspecified atom stereocenters. The van der Waals surface area contributed by atoms with Crippen molar-refractivity contribution < 1.29 is 14.3 Å². The van der Waals surface area contributed by atoms with Gasteiger partial charge < -0.3 is 9.47 Å². The summed E-state index contributed by atoms with van der Waals surface area (Å²) in [4.78, 5) is 10.2. The third-order valence-corrected chi connectivity index (χ3v) is 0.897. The first-order chi connectivity index (χ1) is 3.60. The van der Waals surface area contributed by atoms with Gasteiger partial charge >= 0.3 is 6.16 Å². The van der Waals surface area contributed by atoms with Crippen LogP contribution in [0.2, 0.25) is 0 Å². The molecule has 0 radical (unpaired) electrons. The third-order valence-electron chi connectivity index (χ3n) is 0.897. The van der Waals surface area contributed by atoms with Crippen LogP contribution >= 0.6 is 0 Å². The Morgan fingerprint density at radius 1 is 1.62 bits per heavy atom. The van der Waals surface area contributed by atoms with Gasteiger partial charge in [-0.1, -0.05) is 0 Å². The van der Waals surface area contributed by atoms with E-state index < -0.39 is 11.8 Å². The average molecular weight is 116 g/mol. The molecule has 1 aliphatic rings. The van der Waals surface area contributed by atoms with Crippen molar-refractivity contribution in [3.8, 4) is 0 Å². The Kier molecular flexibility index (Phi) is 0.927. The topological polar surface area (TPSA) is 35.5 Å². The van der Waals surface area contributed by atoms with Crippen LogP contribution in [0, 0.1) is 0 Å². The largest absolute Gasteiger partial charge is 0.509 e. The van der Waals surface area contributed by atoms with E-state index >= 15 is 0 Å². The summed E-state index contributed by atoms with van der Waals surface area (Å²) in [6, 6.07) is 0. The molecule has 0 aliphatic carbocycles. The molecule has 1 aliphatic heterocycles. The first kappa shape index (κ1) is 5.41. The van der Waals surface area contributed by atoms with Gasteiger partial charge in [0.1, 0.15) is 12.2 Å². The van der Waals surface area contributed by atoms with E-state index in [0.29, 0.717) is 6.61 Å².